The van der Waals surface area contributed by atoms with Crippen molar-refractivity contribution in [3.05, 3.63) is 58.1 Å². The molecule has 3 rings (SSSR count). The maximum Gasteiger partial charge on any atom is 0.271 e. The first kappa shape index (κ1) is 24.5. The highest BCUT2D eigenvalue weighted by Crippen LogP contribution is 2.21. The quantitative estimate of drug-likeness (QED) is 0.332. The molecule has 1 aliphatic heterocycles. The van der Waals surface area contributed by atoms with Crippen LogP contribution in [-0.4, -0.2) is 49.8 Å². The molecular formula is C21H24Cl2F2N4O3. The molecule has 2 aromatic rings. The number of hydrogen-bond donors (Lipinski definition) is 3. The van der Waals surface area contributed by atoms with Crippen molar-refractivity contribution in [3.63, 3.8) is 0 Å². The Bertz CT molecular complexity index is 923. The summed E-state index contributed by atoms with van der Waals surface area (Å²) >= 11 is 11.3. The van der Waals surface area contributed by atoms with Crippen molar-refractivity contribution < 1.29 is 23.0 Å². The van der Waals surface area contributed by atoms with Crippen LogP contribution in [0.5, 0.6) is 11.5 Å². The molecule has 1 atom stereocenters. The van der Waals surface area contributed by atoms with Crippen molar-refractivity contribution in [2.75, 3.05) is 32.8 Å². The van der Waals surface area contributed by atoms with E-state index in [1.54, 1.807) is 6.07 Å². The summed E-state index contributed by atoms with van der Waals surface area (Å²) in [6.07, 6.45) is 1.58. The van der Waals surface area contributed by atoms with E-state index in [9.17, 15) is 13.6 Å². The second kappa shape index (κ2) is 12.2. The zero-order valence-corrected chi connectivity index (χ0v) is 18.7. The van der Waals surface area contributed by atoms with E-state index in [-0.39, 0.29) is 34.4 Å². The highest BCUT2D eigenvalue weighted by Gasteiger charge is 2.22. The molecule has 0 bridgehead atoms. The number of ether oxygens (including phenoxy) is 2. The third kappa shape index (κ3) is 7.75. The third-order valence-electron chi connectivity index (χ3n) is 4.68. The lowest BCUT2D eigenvalue weighted by atomic mass is 10.3. The van der Waals surface area contributed by atoms with Gasteiger partial charge >= 0.3 is 0 Å². The summed E-state index contributed by atoms with van der Waals surface area (Å²) in [6.45, 7) is 2.40. The summed E-state index contributed by atoms with van der Waals surface area (Å²) in [5.41, 5.74) is 8.87. The third-order valence-corrected chi connectivity index (χ3v) is 5.29. The lowest BCUT2D eigenvalue weighted by Gasteiger charge is -2.18. The molecule has 0 aromatic heterocycles. The lowest BCUT2D eigenvalue weighted by molar-refractivity contribution is -0.124. The van der Waals surface area contributed by atoms with Gasteiger partial charge in [-0.15, -0.1) is 0 Å². The second-order valence-corrected chi connectivity index (χ2v) is 7.99. The predicted molar refractivity (Wildman–Crippen MR) is 118 cm³/mol. The highest BCUT2D eigenvalue weighted by molar-refractivity contribution is 6.31. The Labute approximate surface area is 194 Å². The van der Waals surface area contributed by atoms with Crippen molar-refractivity contribution in [2.45, 2.75) is 18.9 Å². The van der Waals surface area contributed by atoms with Crippen molar-refractivity contribution in [1.29, 1.82) is 0 Å². The number of carbonyl (C=O) groups excluding carboxylic acids is 1. The molecule has 3 N–H and O–H groups in total. The first-order valence-electron chi connectivity index (χ1n) is 10.1. The summed E-state index contributed by atoms with van der Waals surface area (Å²) in [5, 5.41) is 2.11. The van der Waals surface area contributed by atoms with Crippen LogP contribution in [0.4, 0.5) is 8.78 Å². The molecule has 1 aliphatic rings. The van der Waals surface area contributed by atoms with Gasteiger partial charge < -0.3 is 9.47 Å². The standard InChI is InChI=1S/C21H24Cl2F2N4O3/c22-17-4-2-15(10-19(17)24)31-9-1-7-26-29-8-6-14(12-29)27-28-21(30)13-32-16-3-5-18(23)20(25)11-16/h2-5,10-11,14,26-27H,1,6-9,12-13H2,(H,28,30). The fourth-order valence-corrected chi connectivity index (χ4v) is 3.26. The SMILES string of the molecule is O=C(COc1ccc(Cl)c(F)c1)NNC1CCN(NCCCOc2ccc(Cl)c(F)c2)C1. The van der Waals surface area contributed by atoms with Gasteiger partial charge in [0.05, 0.1) is 16.7 Å². The topological polar surface area (TPSA) is 74.9 Å². The van der Waals surface area contributed by atoms with Crippen LogP contribution in [0.1, 0.15) is 12.8 Å². The molecule has 1 saturated heterocycles. The molecule has 32 heavy (non-hydrogen) atoms. The number of hydrazine groups is 2. The molecule has 174 valence electrons. The minimum Gasteiger partial charge on any atom is -0.493 e. The molecule has 0 radical (unpaired) electrons. The van der Waals surface area contributed by atoms with Gasteiger partial charge in [0.1, 0.15) is 23.1 Å². The van der Waals surface area contributed by atoms with Crippen LogP contribution in [-0.2, 0) is 4.79 Å². The van der Waals surface area contributed by atoms with E-state index in [2.05, 4.69) is 21.3 Å². The molecule has 1 amide bonds. The van der Waals surface area contributed by atoms with E-state index in [1.165, 1.54) is 24.3 Å². The highest BCUT2D eigenvalue weighted by atomic mass is 35.5. The molecule has 11 heteroatoms. The summed E-state index contributed by atoms with van der Waals surface area (Å²) in [5.74, 6) is -0.814. The minimum absolute atomic E-state index is 0.00710. The van der Waals surface area contributed by atoms with Crippen LogP contribution in [0.25, 0.3) is 0 Å². The number of rotatable bonds is 11. The minimum atomic E-state index is -0.605. The van der Waals surface area contributed by atoms with Crippen LogP contribution in [0.3, 0.4) is 0 Å². The molecule has 0 spiro atoms. The molecule has 7 nitrogen and oxygen atoms in total. The zero-order chi connectivity index (χ0) is 22.9. The van der Waals surface area contributed by atoms with Crippen molar-refractivity contribution in [2.24, 2.45) is 0 Å². The lowest BCUT2D eigenvalue weighted by Crippen LogP contribution is -2.48. The van der Waals surface area contributed by atoms with Crippen LogP contribution in [0.2, 0.25) is 10.0 Å². The van der Waals surface area contributed by atoms with E-state index in [1.807, 2.05) is 0 Å². The van der Waals surface area contributed by atoms with Crippen LogP contribution >= 0.6 is 23.2 Å². The fourth-order valence-electron chi connectivity index (χ4n) is 3.02. The van der Waals surface area contributed by atoms with Gasteiger partial charge in [0.15, 0.2) is 6.61 Å². The summed E-state index contributed by atoms with van der Waals surface area (Å²) in [7, 11) is 0. The van der Waals surface area contributed by atoms with Gasteiger partial charge in [0, 0.05) is 37.8 Å². The van der Waals surface area contributed by atoms with Gasteiger partial charge in [-0.1, -0.05) is 23.2 Å². The van der Waals surface area contributed by atoms with Gasteiger partial charge in [-0.2, -0.15) is 0 Å². The maximum atomic E-state index is 13.4. The molecule has 0 aliphatic carbocycles. The van der Waals surface area contributed by atoms with Gasteiger partial charge in [0.25, 0.3) is 5.91 Å². The van der Waals surface area contributed by atoms with Crippen LogP contribution in [0.15, 0.2) is 36.4 Å². The molecule has 0 saturated carbocycles. The fraction of sp³-hybridized carbons (Fsp3) is 0.381. The largest absolute Gasteiger partial charge is 0.493 e. The van der Waals surface area contributed by atoms with Crippen molar-refractivity contribution in [3.8, 4) is 11.5 Å². The number of nitrogens with zero attached hydrogens (tertiary/aromatic N) is 1. The number of hydrogen-bond acceptors (Lipinski definition) is 6. The smallest absolute Gasteiger partial charge is 0.271 e. The van der Waals surface area contributed by atoms with E-state index in [0.29, 0.717) is 25.4 Å². The van der Waals surface area contributed by atoms with E-state index in [0.717, 1.165) is 25.5 Å². The molecule has 1 unspecified atom stereocenters. The Morgan fingerprint density at radius 2 is 1.72 bits per heavy atom. The van der Waals surface area contributed by atoms with Crippen molar-refractivity contribution >= 4 is 29.1 Å². The Hall–Kier alpha value is -2.17. The monoisotopic (exact) mass is 488 g/mol. The summed E-state index contributed by atoms with van der Waals surface area (Å²) in [4.78, 5) is 11.9. The predicted octanol–water partition coefficient (Wildman–Crippen LogP) is 3.32. The average molecular weight is 489 g/mol. The number of amides is 1. The number of nitrogens with one attached hydrogen (secondary N) is 3. The van der Waals surface area contributed by atoms with E-state index >= 15 is 0 Å². The van der Waals surface area contributed by atoms with Crippen LogP contribution < -0.4 is 25.8 Å². The molecule has 1 heterocycles. The van der Waals surface area contributed by atoms with Crippen molar-refractivity contribution in [1.82, 2.24) is 21.3 Å². The van der Waals surface area contributed by atoms with E-state index in [4.69, 9.17) is 32.7 Å². The Balaban J connectivity index is 1.24. The van der Waals surface area contributed by atoms with Gasteiger partial charge in [-0.25, -0.2) is 19.2 Å². The summed E-state index contributed by atoms with van der Waals surface area (Å²) in [6, 6.07) is 8.42. The van der Waals surface area contributed by atoms with Gasteiger partial charge in [0.2, 0.25) is 0 Å². The maximum absolute atomic E-state index is 13.4. The van der Waals surface area contributed by atoms with Gasteiger partial charge in [-0.3, -0.25) is 15.6 Å². The first-order chi connectivity index (χ1) is 15.4. The number of halogens is 4. The number of carbonyl (C=O) groups is 1. The zero-order valence-electron chi connectivity index (χ0n) is 17.2. The Kier molecular flexibility index (Phi) is 9.31. The second-order valence-electron chi connectivity index (χ2n) is 7.17. The average Bonchev–Trinajstić information content (AvgIpc) is 3.23. The first-order valence-corrected chi connectivity index (χ1v) is 10.8. The number of benzene rings is 2. The molecule has 2 aromatic carbocycles. The van der Waals surface area contributed by atoms with Crippen LogP contribution in [0, 0.1) is 11.6 Å². The van der Waals surface area contributed by atoms with Gasteiger partial charge in [-0.05, 0) is 37.1 Å². The Morgan fingerprint density at radius 1 is 1.06 bits per heavy atom. The Morgan fingerprint density at radius 3 is 2.38 bits per heavy atom. The molecule has 1 fully saturated rings. The molecular weight excluding hydrogens is 465 g/mol. The summed E-state index contributed by atoms with van der Waals surface area (Å²) < 4.78 is 37.5. The van der Waals surface area contributed by atoms with E-state index < -0.39 is 11.6 Å². The normalized spacial score (nSPS) is 16.2.